The smallest absolute Gasteiger partial charge is 0.305 e. The van der Waals surface area contributed by atoms with Gasteiger partial charge in [0, 0.05) is 11.5 Å². The largest absolute Gasteiger partial charge is 0.481 e. The number of nitrogens with one attached hydrogen (secondary N) is 2. The van der Waals surface area contributed by atoms with Crippen molar-refractivity contribution >= 4 is 11.9 Å². The van der Waals surface area contributed by atoms with Gasteiger partial charge in [0.1, 0.15) is 11.6 Å². The number of rotatable bonds is 12. The van der Waals surface area contributed by atoms with E-state index < -0.39 is 41.5 Å². The number of nitrogens with zero attached hydrogens (tertiary/aromatic N) is 1. The summed E-state index contributed by atoms with van der Waals surface area (Å²) in [6.45, 7) is 5.81. The Labute approximate surface area is 211 Å². The molecule has 6 atom stereocenters. The molecule has 9 heteroatoms. The van der Waals surface area contributed by atoms with Crippen LogP contribution in [-0.2, 0) is 20.9 Å². The summed E-state index contributed by atoms with van der Waals surface area (Å²) in [7, 11) is 0. The molecule has 36 heavy (non-hydrogen) atoms. The van der Waals surface area contributed by atoms with Crippen LogP contribution in [0.15, 0.2) is 60.7 Å². The number of carbonyl (C=O) groups excluding carboxylic acids is 1. The quantitative estimate of drug-likeness (QED) is 0.302. The summed E-state index contributed by atoms with van der Waals surface area (Å²) in [6, 6.07) is 16.8. The monoisotopic (exact) mass is 497 g/mol. The first-order valence-electron chi connectivity index (χ1n) is 12.3. The van der Waals surface area contributed by atoms with Crippen molar-refractivity contribution < 1.29 is 24.4 Å². The highest BCUT2D eigenvalue weighted by Gasteiger charge is 2.64. The molecule has 194 valence electrons. The third-order valence-electron chi connectivity index (χ3n) is 7.17. The Balaban J connectivity index is 2.04. The Kier molecular flexibility index (Phi) is 9.17. The van der Waals surface area contributed by atoms with Crippen LogP contribution >= 0.6 is 0 Å². The van der Waals surface area contributed by atoms with Crippen LogP contribution in [0.2, 0.25) is 0 Å². The van der Waals surface area contributed by atoms with E-state index in [2.05, 4.69) is 10.6 Å². The van der Waals surface area contributed by atoms with Gasteiger partial charge in [0.05, 0.1) is 25.0 Å². The van der Waals surface area contributed by atoms with Crippen molar-refractivity contribution in [1.82, 2.24) is 10.6 Å². The van der Waals surface area contributed by atoms with Gasteiger partial charge >= 0.3 is 5.97 Å². The number of nitro groups is 1. The van der Waals surface area contributed by atoms with E-state index in [4.69, 9.17) is 9.84 Å². The molecule has 1 aliphatic rings. The molecule has 0 bridgehead atoms. The number of ether oxygens (including phenoxy) is 1. The zero-order valence-electron chi connectivity index (χ0n) is 20.9. The van der Waals surface area contributed by atoms with E-state index in [0.717, 1.165) is 5.56 Å². The molecule has 0 aliphatic carbocycles. The highest BCUT2D eigenvalue weighted by molar-refractivity contribution is 5.87. The van der Waals surface area contributed by atoms with Crippen LogP contribution < -0.4 is 10.6 Å². The van der Waals surface area contributed by atoms with Crippen LogP contribution in [0.3, 0.4) is 0 Å². The van der Waals surface area contributed by atoms with Gasteiger partial charge < -0.3 is 15.2 Å². The summed E-state index contributed by atoms with van der Waals surface area (Å²) in [5.41, 5.74) is 0.264. The van der Waals surface area contributed by atoms with Crippen molar-refractivity contribution in [3.8, 4) is 0 Å². The van der Waals surface area contributed by atoms with Crippen molar-refractivity contribution in [2.24, 2.45) is 11.8 Å². The first-order valence-corrected chi connectivity index (χ1v) is 12.3. The number of carbonyl (C=O) groups is 2. The van der Waals surface area contributed by atoms with Crippen LogP contribution in [0, 0.1) is 22.0 Å². The molecular weight excluding hydrogens is 462 g/mol. The highest BCUT2D eigenvalue weighted by Crippen LogP contribution is 2.45. The topological polar surface area (TPSA) is 131 Å². The summed E-state index contributed by atoms with van der Waals surface area (Å²) in [6.07, 6.45) is -0.151. The minimum Gasteiger partial charge on any atom is -0.481 e. The highest BCUT2D eigenvalue weighted by atomic mass is 16.6. The maximum atomic E-state index is 13.5. The lowest BCUT2D eigenvalue weighted by molar-refractivity contribution is -0.536. The molecule has 9 nitrogen and oxygen atoms in total. The van der Waals surface area contributed by atoms with Crippen LogP contribution in [0.1, 0.15) is 50.8 Å². The second kappa shape index (κ2) is 12.1. The zero-order valence-corrected chi connectivity index (χ0v) is 20.9. The fourth-order valence-electron chi connectivity index (χ4n) is 5.07. The molecule has 1 fully saturated rings. The van der Waals surface area contributed by atoms with E-state index in [0.29, 0.717) is 12.0 Å². The van der Waals surface area contributed by atoms with Gasteiger partial charge in [-0.2, -0.15) is 0 Å². The Morgan fingerprint density at radius 1 is 1.17 bits per heavy atom. The molecule has 0 radical (unpaired) electrons. The number of carboxylic acid groups (broad SMARTS) is 1. The Hall–Kier alpha value is -3.30. The van der Waals surface area contributed by atoms with Crippen molar-refractivity contribution in [3.05, 3.63) is 81.9 Å². The van der Waals surface area contributed by atoms with Gasteiger partial charge in [0.2, 0.25) is 11.9 Å². The van der Waals surface area contributed by atoms with Crippen molar-refractivity contribution in [1.29, 1.82) is 0 Å². The molecular formula is C27H35N3O6. The summed E-state index contributed by atoms with van der Waals surface area (Å²) >= 11 is 0. The molecule has 1 unspecified atom stereocenters. The van der Waals surface area contributed by atoms with Gasteiger partial charge in [0.25, 0.3) is 0 Å². The predicted octanol–water partition coefficient (Wildman–Crippen LogP) is 3.57. The molecule has 3 rings (SSSR count). The van der Waals surface area contributed by atoms with Gasteiger partial charge in [0.15, 0.2) is 0 Å². The van der Waals surface area contributed by atoms with E-state index in [1.54, 1.807) is 6.92 Å². The van der Waals surface area contributed by atoms with Gasteiger partial charge in [-0.1, -0.05) is 80.9 Å². The lowest BCUT2D eigenvalue weighted by atomic mass is 9.74. The van der Waals surface area contributed by atoms with E-state index in [1.807, 2.05) is 74.5 Å². The van der Waals surface area contributed by atoms with E-state index in [-0.39, 0.29) is 30.4 Å². The molecule has 0 spiro atoms. The second-order valence-electron chi connectivity index (χ2n) is 9.58. The van der Waals surface area contributed by atoms with Crippen molar-refractivity contribution in [2.75, 3.05) is 6.54 Å². The fraction of sp³-hybridized carbons (Fsp3) is 0.481. The third kappa shape index (κ3) is 6.09. The van der Waals surface area contributed by atoms with Gasteiger partial charge in [-0.15, -0.1) is 0 Å². The normalized spacial score (nSPS) is 25.1. The second-order valence-corrected chi connectivity index (χ2v) is 9.58. The first-order chi connectivity index (χ1) is 17.2. The number of aliphatic carboxylic acids is 1. The van der Waals surface area contributed by atoms with E-state index >= 15 is 0 Å². The Morgan fingerprint density at radius 2 is 1.78 bits per heavy atom. The lowest BCUT2D eigenvalue weighted by Gasteiger charge is -2.37. The summed E-state index contributed by atoms with van der Waals surface area (Å²) < 4.78 is 6.40. The molecule has 1 heterocycles. The molecule has 2 aromatic rings. The number of amides is 1. The first kappa shape index (κ1) is 27.3. The van der Waals surface area contributed by atoms with Gasteiger partial charge in [-0.25, -0.2) is 0 Å². The Morgan fingerprint density at radius 3 is 2.33 bits per heavy atom. The average Bonchev–Trinajstić information content (AvgIpc) is 3.19. The van der Waals surface area contributed by atoms with E-state index in [9.17, 15) is 19.7 Å². The predicted molar refractivity (Wildman–Crippen MR) is 135 cm³/mol. The van der Waals surface area contributed by atoms with Crippen LogP contribution in [0.25, 0.3) is 0 Å². The maximum absolute atomic E-state index is 13.5. The minimum absolute atomic E-state index is 0.0733. The summed E-state index contributed by atoms with van der Waals surface area (Å²) in [4.78, 5) is 36.8. The average molecular weight is 498 g/mol. The number of benzene rings is 2. The summed E-state index contributed by atoms with van der Waals surface area (Å²) in [5, 5.41) is 27.6. The number of hydrogen-bond donors (Lipinski definition) is 3. The molecule has 1 aliphatic heterocycles. The molecule has 2 aromatic carbocycles. The molecule has 1 saturated heterocycles. The Bertz CT molecular complexity index is 1030. The van der Waals surface area contributed by atoms with Gasteiger partial charge in [-0.05, 0) is 24.0 Å². The van der Waals surface area contributed by atoms with Crippen molar-refractivity contribution in [2.45, 2.75) is 63.9 Å². The molecule has 0 aromatic heterocycles. The van der Waals surface area contributed by atoms with Gasteiger partial charge in [-0.3, -0.25) is 25.0 Å². The van der Waals surface area contributed by atoms with Crippen molar-refractivity contribution in [3.63, 3.8) is 0 Å². The summed E-state index contributed by atoms with van der Waals surface area (Å²) in [5.74, 6) is -2.41. The van der Waals surface area contributed by atoms with Crippen LogP contribution in [0.5, 0.6) is 0 Å². The minimum atomic E-state index is -1.37. The zero-order chi connectivity index (χ0) is 26.3. The van der Waals surface area contributed by atoms with Crippen LogP contribution in [0.4, 0.5) is 0 Å². The molecule has 0 saturated carbocycles. The maximum Gasteiger partial charge on any atom is 0.305 e. The number of carboxylic acids is 1. The third-order valence-corrected chi connectivity index (χ3v) is 7.17. The van der Waals surface area contributed by atoms with Crippen LogP contribution in [-0.4, -0.2) is 46.1 Å². The fourth-order valence-corrected chi connectivity index (χ4v) is 5.07. The standard InChI is InChI=1S/C27H35N3O6/c1-4-18(2)25(36-17-19-11-7-5-8-12-19)22-24(30(34)35)23(20-13-9-6-10-14-20)29-27(22,3)26(33)28-16-15-21(31)32/h5-14,18,22-25,29H,4,15-17H2,1-3H3,(H,28,33)(H,31,32)/t18-,22-,23-,24-,25?,27-/m0/s1. The molecule has 1 amide bonds. The lowest BCUT2D eigenvalue weighted by Crippen LogP contribution is -2.60. The SMILES string of the molecule is CC[C@H](C)C(OCc1ccccc1)[C@@H]1[C@H]([N+](=O)[O-])[C@H](c2ccccc2)N[C@]1(C)C(=O)NCCC(=O)O. The molecule has 3 N–H and O–H groups in total. The van der Waals surface area contributed by atoms with E-state index in [1.165, 1.54) is 0 Å². The number of hydrogen-bond acceptors (Lipinski definition) is 6.